The SMILES string of the molecule is COC1CN(C(=O)C2CNc3ccccc32)CC1OC. The Kier molecular flexibility index (Phi) is 3.63. The number of carbonyl (C=O) groups excluding carboxylic acids is 1. The van der Waals surface area contributed by atoms with Crippen LogP contribution in [0, 0.1) is 0 Å². The molecule has 0 aromatic heterocycles. The summed E-state index contributed by atoms with van der Waals surface area (Å²) in [6.45, 7) is 1.88. The number of fused-ring (bicyclic) bond motifs is 1. The molecule has 108 valence electrons. The molecule has 0 bridgehead atoms. The van der Waals surface area contributed by atoms with Crippen LogP contribution in [0.2, 0.25) is 0 Å². The average molecular weight is 276 g/mol. The number of ether oxygens (including phenoxy) is 2. The van der Waals surface area contributed by atoms with Gasteiger partial charge in [0.1, 0.15) is 12.2 Å². The topological polar surface area (TPSA) is 50.8 Å². The van der Waals surface area contributed by atoms with Crippen LogP contribution in [0.15, 0.2) is 24.3 Å². The van der Waals surface area contributed by atoms with Gasteiger partial charge in [-0.1, -0.05) is 18.2 Å². The largest absolute Gasteiger partial charge is 0.384 e. The molecule has 0 spiro atoms. The quantitative estimate of drug-likeness (QED) is 0.897. The van der Waals surface area contributed by atoms with E-state index in [1.54, 1.807) is 14.2 Å². The fourth-order valence-corrected chi connectivity index (χ4v) is 3.10. The van der Waals surface area contributed by atoms with Crippen LogP contribution in [0.3, 0.4) is 0 Å². The lowest BCUT2D eigenvalue weighted by atomic mass is 10.00. The van der Waals surface area contributed by atoms with E-state index in [-0.39, 0.29) is 24.0 Å². The molecular weight excluding hydrogens is 256 g/mol. The van der Waals surface area contributed by atoms with E-state index >= 15 is 0 Å². The smallest absolute Gasteiger partial charge is 0.232 e. The fourth-order valence-electron chi connectivity index (χ4n) is 3.10. The van der Waals surface area contributed by atoms with E-state index < -0.39 is 0 Å². The number of likely N-dealkylation sites (tertiary alicyclic amines) is 1. The van der Waals surface area contributed by atoms with Crippen molar-refractivity contribution in [2.75, 3.05) is 39.2 Å². The van der Waals surface area contributed by atoms with E-state index in [9.17, 15) is 4.79 Å². The van der Waals surface area contributed by atoms with Gasteiger partial charge >= 0.3 is 0 Å². The van der Waals surface area contributed by atoms with Crippen LogP contribution in [0.1, 0.15) is 11.5 Å². The third-order valence-corrected chi connectivity index (χ3v) is 4.26. The molecule has 1 fully saturated rings. The normalized spacial score (nSPS) is 28.3. The number of hydrogen-bond donors (Lipinski definition) is 1. The van der Waals surface area contributed by atoms with Crippen LogP contribution < -0.4 is 5.32 Å². The van der Waals surface area contributed by atoms with Gasteiger partial charge in [-0.15, -0.1) is 0 Å². The second-order valence-electron chi connectivity index (χ2n) is 5.31. The molecule has 0 aliphatic carbocycles. The Hall–Kier alpha value is -1.59. The number of benzene rings is 1. The molecule has 1 aromatic rings. The Morgan fingerprint density at radius 1 is 1.20 bits per heavy atom. The van der Waals surface area contributed by atoms with Gasteiger partial charge in [0, 0.05) is 39.5 Å². The summed E-state index contributed by atoms with van der Waals surface area (Å²) in [5.74, 6) is 0.0587. The lowest BCUT2D eigenvalue weighted by Crippen LogP contribution is -2.35. The molecule has 3 rings (SSSR count). The zero-order chi connectivity index (χ0) is 14.1. The number of amides is 1. The van der Waals surface area contributed by atoms with E-state index in [0.717, 1.165) is 11.3 Å². The van der Waals surface area contributed by atoms with Crippen molar-refractivity contribution < 1.29 is 14.3 Å². The highest BCUT2D eigenvalue weighted by Crippen LogP contribution is 2.33. The zero-order valence-electron chi connectivity index (χ0n) is 11.8. The van der Waals surface area contributed by atoms with E-state index in [1.165, 1.54) is 0 Å². The van der Waals surface area contributed by atoms with E-state index in [4.69, 9.17) is 9.47 Å². The molecule has 0 saturated carbocycles. The first-order valence-corrected chi connectivity index (χ1v) is 6.91. The molecular formula is C15H20N2O3. The van der Waals surface area contributed by atoms with Gasteiger partial charge in [-0.05, 0) is 11.6 Å². The van der Waals surface area contributed by atoms with Gasteiger partial charge in [0.2, 0.25) is 5.91 Å². The highest BCUT2D eigenvalue weighted by Gasteiger charge is 2.39. The highest BCUT2D eigenvalue weighted by molar-refractivity contribution is 5.88. The molecule has 5 heteroatoms. The van der Waals surface area contributed by atoms with Gasteiger partial charge < -0.3 is 19.7 Å². The second kappa shape index (κ2) is 5.42. The number of nitrogens with one attached hydrogen (secondary N) is 1. The van der Waals surface area contributed by atoms with Crippen molar-refractivity contribution >= 4 is 11.6 Å². The number of anilines is 1. The van der Waals surface area contributed by atoms with Gasteiger partial charge in [0.25, 0.3) is 0 Å². The molecule has 2 heterocycles. The fraction of sp³-hybridized carbons (Fsp3) is 0.533. The van der Waals surface area contributed by atoms with E-state index in [0.29, 0.717) is 19.6 Å². The summed E-state index contributed by atoms with van der Waals surface area (Å²) in [5.41, 5.74) is 2.16. The molecule has 1 saturated heterocycles. The van der Waals surface area contributed by atoms with E-state index in [2.05, 4.69) is 5.32 Å². The molecule has 0 radical (unpaired) electrons. The first kappa shape index (κ1) is 13.4. The first-order valence-electron chi connectivity index (χ1n) is 6.91. The number of carbonyl (C=O) groups is 1. The van der Waals surface area contributed by atoms with Crippen molar-refractivity contribution in [2.45, 2.75) is 18.1 Å². The molecule has 1 amide bonds. The van der Waals surface area contributed by atoms with Crippen molar-refractivity contribution in [3.63, 3.8) is 0 Å². The number of nitrogens with zero attached hydrogens (tertiary/aromatic N) is 1. The standard InChI is InChI=1S/C15H20N2O3/c1-19-13-8-17(9-14(13)20-2)15(18)11-7-16-12-6-4-3-5-10(11)12/h3-6,11,13-14,16H,7-9H2,1-2H3. The lowest BCUT2D eigenvalue weighted by molar-refractivity contribution is -0.131. The third-order valence-electron chi connectivity index (χ3n) is 4.26. The maximum absolute atomic E-state index is 12.7. The third kappa shape index (κ3) is 2.17. The van der Waals surface area contributed by atoms with Crippen LogP contribution in [0.4, 0.5) is 5.69 Å². The van der Waals surface area contributed by atoms with E-state index in [1.807, 2.05) is 29.2 Å². The van der Waals surface area contributed by atoms with Gasteiger partial charge in [-0.2, -0.15) is 0 Å². The van der Waals surface area contributed by atoms with Crippen LogP contribution >= 0.6 is 0 Å². The molecule has 1 N–H and O–H groups in total. The van der Waals surface area contributed by atoms with Crippen molar-refractivity contribution in [2.24, 2.45) is 0 Å². The Morgan fingerprint density at radius 3 is 2.50 bits per heavy atom. The number of hydrogen-bond acceptors (Lipinski definition) is 4. The van der Waals surface area contributed by atoms with Gasteiger partial charge in [-0.25, -0.2) is 0 Å². The van der Waals surface area contributed by atoms with Crippen molar-refractivity contribution in [1.29, 1.82) is 0 Å². The zero-order valence-corrected chi connectivity index (χ0v) is 11.8. The Labute approximate surface area is 118 Å². The molecule has 2 aliphatic rings. The summed E-state index contributed by atoms with van der Waals surface area (Å²) in [7, 11) is 3.33. The Balaban J connectivity index is 1.75. The predicted octanol–water partition coefficient (Wildman–Crippen LogP) is 1.07. The minimum Gasteiger partial charge on any atom is -0.384 e. The lowest BCUT2D eigenvalue weighted by Gasteiger charge is -2.20. The monoisotopic (exact) mass is 276 g/mol. The maximum atomic E-state index is 12.7. The van der Waals surface area contributed by atoms with Crippen LogP contribution in [0.25, 0.3) is 0 Å². The molecule has 20 heavy (non-hydrogen) atoms. The number of para-hydroxylation sites is 1. The van der Waals surface area contributed by atoms with Crippen LogP contribution in [0.5, 0.6) is 0 Å². The van der Waals surface area contributed by atoms with Crippen LogP contribution in [-0.4, -0.2) is 56.9 Å². The Bertz CT molecular complexity index is 494. The number of rotatable bonds is 3. The van der Waals surface area contributed by atoms with Gasteiger partial charge in [-0.3, -0.25) is 4.79 Å². The summed E-state index contributed by atoms with van der Waals surface area (Å²) in [5, 5.41) is 3.29. The predicted molar refractivity (Wildman–Crippen MR) is 75.8 cm³/mol. The first-order chi connectivity index (χ1) is 9.74. The summed E-state index contributed by atoms with van der Waals surface area (Å²) >= 11 is 0. The van der Waals surface area contributed by atoms with Gasteiger partial charge in [0.15, 0.2) is 0 Å². The highest BCUT2D eigenvalue weighted by atomic mass is 16.5. The second-order valence-corrected chi connectivity index (χ2v) is 5.31. The van der Waals surface area contributed by atoms with Crippen molar-refractivity contribution in [1.82, 2.24) is 4.90 Å². The maximum Gasteiger partial charge on any atom is 0.232 e. The Morgan fingerprint density at radius 2 is 1.85 bits per heavy atom. The average Bonchev–Trinajstić information content (AvgIpc) is 3.10. The minimum absolute atomic E-state index is 0.0337. The molecule has 2 aliphatic heterocycles. The van der Waals surface area contributed by atoms with Crippen LogP contribution in [-0.2, 0) is 14.3 Å². The van der Waals surface area contributed by atoms with Crippen molar-refractivity contribution in [3.8, 4) is 0 Å². The van der Waals surface area contributed by atoms with Crippen molar-refractivity contribution in [3.05, 3.63) is 29.8 Å². The summed E-state index contributed by atoms with van der Waals surface area (Å²) in [6, 6.07) is 8.00. The molecule has 3 unspecified atom stereocenters. The minimum atomic E-state index is -0.0979. The molecule has 5 nitrogen and oxygen atoms in total. The number of methoxy groups -OCH3 is 2. The summed E-state index contributed by atoms with van der Waals surface area (Å²) in [4.78, 5) is 14.6. The molecule has 3 atom stereocenters. The summed E-state index contributed by atoms with van der Waals surface area (Å²) in [6.07, 6.45) is -0.0675. The van der Waals surface area contributed by atoms with Gasteiger partial charge in [0.05, 0.1) is 5.92 Å². The summed E-state index contributed by atoms with van der Waals surface area (Å²) < 4.78 is 10.8. The molecule has 1 aromatic carbocycles.